The number of carbonyl (C=O) groups is 2. The Balaban J connectivity index is 1.87. The molecule has 0 bridgehead atoms. The lowest BCUT2D eigenvalue weighted by atomic mass is 10.2. The largest absolute Gasteiger partial charge is 0.385 e. The molecule has 0 unspecified atom stereocenters. The molecular formula is C18H23N5O3. The number of pyridine rings is 1. The van der Waals surface area contributed by atoms with Crippen molar-refractivity contribution in [1.29, 1.82) is 0 Å². The van der Waals surface area contributed by atoms with E-state index in [1.165, 1.54) is 18.6 Å². The van der Waals surface area contributed by atoms with Gasteiger partial charge in [-0.15, -0.1) is 0 Å². The standard InChI is InChI=1S/C18H23N5O3/c1-26-12-2-10-23(18(25)16-14-20-8-9-21-16)11-5-17(24)22-13-15-3-6-19-7-4-15/h3-4,6-9,14H,2,5,10-13H2,1H3,(H,22,24). The fourth-order valence-corrected chi connectivity index (χ4v) is 2.31. The summed E-state index contributed by atoms with van der Waals surface area (Å²) >= 11 is 0. The predicted octanol–water partition coefficient (Wildman–Crippen LogP) is 1.06. The molecule has 0 aliphatic rings. The van der Waals surface area contributed by atoms with Gasteiger partial charge in [-0.1, -0.05) is 0 Å². The summed E-state index contributed by atoms with van der Waals surface area (Å²) in [4.78, 5) is 38.2. The predicted molar refractivity (Wildman–Crippen MR) is 95.1 cm³/mol. The van der Waals surface area contributed by atoms with E-state index in [2.05, 4.69) is 20.3 Å². The van der Waals surface area contributed by atoms with Crippen molar-refractivity contribution in [2.75, 3.05) is 26.8 Å². The maximum atomic E-state index is 12.6. The highest BCUT2D eigenvalue weighted by Gasteiger charge is 2.18. The number of nitrogens with zero attached hydrogens (tertiary/aromatic N) is 4. The van der Waals surface area contributed by atoms with Crippen LogP contribution in [0.15, 0.2) is 43.1 Å². The molecule has 8 heteroatoms. The molecule has 0 atom stereocenters. The molecule has 0 saturated heterocycles. The van der Waals surface area contributed by atoms with Crippen molar-refractivity contribution in [2.45, 2.75) is 19.4 Å². The highest BCUT2D eigenvalue weighted by atomic mass is 16.5. The molecule has 26 heavy (non-hydrogen) atoms. The van der Waals surface area contributed by atoms with Crippen LogP contribution in [0, 0.1) is 0 Å². The van der Waals surface area contributed by atoms with E-state index >= 15 is 0 Å². The normalized spacial score (nSPS) is 10.3. The van der Waals surface area contributed by atoms with E-state index in [0.29, 0.717) is 32.7 Å². The number of amides is 2. The molecule has 2 amide bonds. The quantitative estimate of drug-likeness (QED) is 0.639. The van der Waals surface area contributed by atoms with Crippen LogP contribution in [-0.2, 0) is 16.1 Å². The summed E-state index contributed by atoms with van der Waals surface area (Å²) in [5, 5.41) is 2.84. The van der Waals surface area contributed by atoms with Crippen LogP contribution >= 0.6 is 0 Å². The number of methoxy groups -OCH3 is 1. The summed E-state index contributed by atoms with van der Waals surface area (Å²) in [6, 6.07) is 3.68. The van der Waals surface area contributed by atoms with Gasteiger partial charge in [-0.3, -0.25) is 19.6 Å². The van der Waals surface area contributed by atoms with Crippen molar-refractivity contribution < 1.29 is 14.3 Å². The van der Waals surface area contributed by atoms with E-state index < -0.39 is 0 Å². The zero-order valence-corrected chi connectivity index (χ0v) is 14.8. The van der Waals surface area contributed by atoms with E-state index in [4.69, 9.17) is 4.74 Å². The van der Waals surface area contributed by atoms with Crippen molar-refractivity contribution in [1.82, 2.24) is 25.2 Å². The fourth-order valence-electron chi connectivity index (χ4n) is 2.31. The molecule has 138 valence electrons. The number of aromatic nitrogens is 3. The summed E-state index contributed by atoms with van der Waals surface area (Å²) in [5.41, 5.74) is 1.24. The first kappa shape index (κ1) is 19.5. The first-order valence-electron chi connectivity index (χ1n) is 8.40. The number of carbonyl (C=O) groups excluding carboxylic acids is 2. The molecule has 0 fully saturated rings. The Morgan fingerprint density at radius 2 is 1.92 bits per heavy atom. The molecule has 0 saturated carbocycles. The Bertz CT molecular complexity index is 682. The van der Waals surface area contributed by atoms with Crippen molar-refractivity contribution in [3.63, 3.8) is 0 Å². The third-order valence-electron chi connectivity index (χ3n) is 3.69. The second-order valence-electron chi connectivity index (χ2n) is 5.61. The van der Waals surface area contributed by atoms with E-state index in [0.717, 1.165) is 5.56 Å². The van der Waals surface area contributed by atoms with E-state index in [9.17, 15) is 9.59 Å². The minimum Gasteiger partial charge on any atom is -0.385 e. The van der Waals surface area contributed by atoms with Gasteiger partial charge in [0.05, 0.1) is 6.20 Å². The van der Waals surface area contributed by atoms with E-state index in [-0.39, 0.29) is 23.9 Å². The Kier molecular flexibility index (Phi) is 8.14. The van der Waals surface area contributed by atoms with Gasteiger partial charge in [0.25, 0.3) is 5.91 Å². The van der Waals surface area contributed by atoms with Crippen molar-refractivity contribution in [2.24, 2.45) is 0 Å². The smallest absolute Gasteiger partial charge is 0.274 e. The Labute approximate surface area is 152 Å². The van der Waals surface area contributed by atoms with Crippen LogP contribution in [0.4, 0.5) is 0 Å². The van der Waals surface area contributed by atoms with Gasteiger partial charge in [0.2, 0.25) is 5.91 Å². The summed E-state index contributed by atoms with van der Waals surface area (Å²) in [6.45, 7) is 1.77. The molecule has 0 spiro atoms. The number of nitrogens with one attached hydrogen (secondary N) is 1. The lowest BCUT2D eigenvalue weighted by Crippen LogP contribution is -2.36. The molecule has 0 aliphatic heterocycles. The second kappa shape index (κ2) is 10.9. The monoisotopic (exact) mass is 357 g/mol. The fraction of sp³-hybridized carbons (Fsp3) is 0.389. The van der Waals surface area contributed by atoms with Gasteiger partial charge in [-0.25, -0.2) is 4.98 Å². The van der Waals surface area contributed by atoms with Crippen LogP contribution in [0.2, 0.25) is 0 Å². The van der Waals surface area contributed by atoms with Crippen LogP contribution in [0.5, 0.6) is 0 Å². The van der Waals surface area contributed by atoms with E-state index in [1.54, 1.807) is 24.4 Å². The number of hydrogen-bond acceptors (Lipinski definition) is 6. The highest BCUT2D eigenvalue weighted by molar-refractivity contribution is 5.92. The Morgan fingerprint density at radius 1 is 1.12 bits per heavy atom. The minimum absolute atomic E-state index is 0.120. The summed E-state index contributed by atoms with van der Waals surface area (Å²) < 4.78 is 5.04. The molecule has 0 radical (unpaired) electrons. The Morgan fingerprint density at radius 3 is 2.62 bits per heavy atom. The molecule has 2 aromatic heterocycles. The van der Waals surface area contributed by atoms with Gasteiger partial charge in [0.1, 0.15) is 5.69 Å². The highest BCUT2D eigenvalue weighted by Crippen LogP contribution is 2.04. The average Bonchev–Trinajstić information content (AvgIpc) is 2.70. The van der Waals surface area contributed by atoms with Crippen molar-refractivity contribution in [3.8, 4) is 0 Å². The Hall–Kier alpha value is -2.87. The molecule has 2 heterocycles. The molecule has 2 rings (SSSR count). The van der Waals surface area contributed by atoms with Gasteiger partial charge in [-0.2, -0.15) is 0 Å². The number of ether oxygens (including phenoxy) is 1. The zero-order chi connectivity index (χ0) is 18.6. The summed E-state index contributed by atoms with van der Waals surface area (Å²) in [7, 11) is 1.61. The van der Waals surface area contributed by atoms with Crippen LogP contribution in [0.1, 0.15) is 28.9 Å². The average molecular weight is 357 g/mol. The molecule has 1 N–H and O–H groups in total. The first-order valence-corrected chi connectivity index (χ1v) is 8.40. The molecule has 0 aliphatic carbocycles. The van der Waals surface area contributed by atoms with Crippen molar-refractivity contribution in [3.05, 3.63) is 54.4 Å². The molecule has 0 aromatic carbocycles. The number of hydrogen-bond donors (Lipinski definition) is 1. The SMILES string of the molecule is COCCCN(CCC(=O)NCc1ccncc1)C(=O)c1cnccn1. The van der Waals surface area contributed by atoms with Gasteiger partial charge >= 0.3 is 0 Å². The third-order valence-corrected chi connectivity index (χ3v) is 3.69. The summed E-state index contributed by atoms with van der Waals surface area (Å²) in [6.07, 6.45) is 8.66. The maximum Gasteiger partial charge on any atom is 0.274 e. The molecule has 8 nitrogen and oxygen atoms in total. The van der Waals surface area contributed by atoms with Gasteiger partial charge < -0.3 is 15.0 Å². The van der Waals surface area contributed by atoms with Crippen LogP contribution in [-0.4, -0.2) is 58.5 Å². The zero-order valence-electron chi connectivity index (χ0n) is 14.8. The lowest BCUT2D eigenvalue weighted by Gasteiger charge is -2.22. The second-order valence-corrected chi connectivity index (χ2v) is 5.61. The van der Waals surface area contributed by atoms with E-state index in [1.807, 2.05) is 12.1 Å². The van der Waals surface area contributed by atoms with Crippen LogP contribution in [0.25, 0.3) is 0 Å². The van der Waals surface area contributed by atoms with Crippen LogP contribution in [0.3, 0.4) is 0 Å². The first-order chi connectivity index (χ1) is 12.7. The van der Waals surface area contributed by atoms with Crippen molar-refractivity contribution >= 4 is 11.8 Å². The maximum absolute atomic E-state index is 12.6. The third kappa shape index (κ3) is 6.56. The lowest BCUT2D eigenvalue weighted by molar-refractivity contribution is -0.121. The van der Waals surface area contributed by atoms with Crippen LogP contribution < -0.4 is 5.32 Å². The minimum atomic E-state index is -0.240. The topological polar surface area (TPSA) is 97.3 Å². The summed E-state index contributed by atoms with van der Waals surface area (Å²) in [5.74, 6) is -0.360. The molecular weight excluding hydrogens is 334 g/mol. The molecule has 2 aromatic rings. The number of rotatable bonds is 10. The van der Waals surface area contributed by atoms with Gasteiger partial charge in [0, 0.05) is 64.6 Å². The van der Waals surface area contributed by atoms with Gasteiger partial charge in [0.15, 0.2) is 0 Å². The van der Waals surface area contributed by atoms with Gasteiger partial charge in [-0.05, 0) is 24.1 Å².